The average molecular weight is 361 g/mol. The fourth-order valence-corrected chi connectivity index (χ4v) is 2.46. The monoisotopic (exact) mass is 361 g/mol. The van der Waals surface area contributed by atoms with E-state index in [0.717, 1.165) is 12.1 Å². The van der Waals surface area contributed by atoms with Crippen LogP contribution in [0.25, 0.3) is 0 Å². The van der Waals surface area contributed by atoms with Crippen molar-refractivity contribution in [1.82, 2.24) is 5.32 Å². The van der Waals surface area contributed by atoms with Crippen LogP contribution in [0.5, 0.6) is 5.75 Å². The number of nitrogens with one attached hydrogen (secondary N) is 1. The number of carbonyl (C=O) groups excluding carboxylic acids is 1. The Hall–Kier alpha value is -3.42. The molecule has 2 aromatic rings. The smallest absolute Gasteiger partial charge is 0.339 e. The number of rotatable bonds is 7. The predicted octanol–water partition coefficient (Wildman–Crippen LogP) is 2.48. The van der Waals surface area contributed by atoms with E-state index >= 15 is 0 Å². The van der Waals surface area contributed by atoms with Crippen molar-refractivity contribution in [3.05, 3.63) is 65.0 Å². The lowest BCUT2D eigenvalue weighted by Crippen LogP contribution is -2.30. The second kappa shape index (κ2) is 8.11. The fourth-order valence-electron chi connectivity index (χ4n) is 2.46. The molecule has 0 saturated carbocycles. The van der Waals surface area contributed by atoms with Gasteiger partial charge >= 0.3 is 11.9 Å². The Kier molecular flexibility index (Phi) is 5.90. The van der Waals surface area contributed by atoms with Crippen molar-refractivity contribution >= 4 is 17.8 Å². The summed E-state index contributed by atoms with van der Waals surface area (Å²) in [6.45, 7) is 0. The molecule has 0 heterocycles. The number of amides is 1. The van der Waals surface area contributed by atoms with Crippen molar-refractivity contribution < 1.29 is 33.7 Å². The second-order valence-corrected chi connectivity index (χ2v) is 5.37. The second-order valence-electron chi connectivity index (χ2n) is 5.37. The van der Waals surface area contributed by atoms with Crippen molar-refractivity contribution in [3.63, 3.8) is 0 Å². The van der Waals surface area contributed by atoms with Crippen LogP contribution in [-0.2, 0) is 4.79 Å². The largest absolute Gasteiger partial charge is 0.495 e. The number of hydrogen-bond donors (Lipinski definition) is 3. The van der Waals surface area contributed by atoms with Gasteiger partial charge in [0.15, 0.2) is 0 Å². The van der Waals surface area contributed by atoms with Gasteiger partial charge in [-0.3, -0.25) is 9.59 Å². The summed E-state index contributed by atoms with van der Waals surface area (Å²) in [5.74, 6) is -3.76. The summed E-state index contributed by atoms with van der Waals surface area (Å²) >= 11 is 0. The van der Waals surface area contributed by atoms with Crippen molar-refractivity contribution in [3.8, 4) is 5.75 Å². The van der Waals surface area contributed by atoms with E-state index in [-0.39, 0.29) is 16.9 Å². The van der Waals surface area contributed by atoms with Crippen LogP contribution in [0.15, 0.2) is 42.5 Å². The van der Waals surface area contributed by atoms with E-state index in [4.69, 9.17) is 9.84 Å². The van der Waals surface area contributed by atoms with Crippen LogP contribution in [0.2, 0.25) is 0 Å². The highest BCUT2D eigenvalue weighted by molar-refractivity contribution is 6.02. The molecule has 1 unspecified atom stereocenters. The molecular formula is C18H16FNO6. The van der Waals surface area contributed by atoms with E-state index < -0.39 is 36.1 Å². The minimum Gasteiger partial charge on any atom is -0.495 e. The molecule has 2 rings (SSSR count). The lowest BCUT2D eigenvalue weighted by atomic mass is 10.0. The highest BCUT2D eigenvalue weighted by Crippen LogP contribution is 2.25. The Morgan fingerprint density at radius 2 is 1.69 bits per heavy atom. The molecule has 1 amide bonds. The third kappa shape index (κ3) is 4.35. The van der Waals surface area contributed by atoms with Crippen molar-refractivity contribution in [2.24, 2.45) is 0 Å². The van der Waals surface area contributed by atoms with Crippen LogP contribution < -0.4 is 10.1 Å². The Labute approximate surface area is 148 Å². The number of benzene rings is 2. The molecule has 0 aliphatic heterocycles. The van der Waals surface area contributed by atoms with Crippen molar-refractivity contribution in [2.75, 3.05) is 7.11 Å². The predicted molar refractivity (Wildman–Crippen MR) is 88.8 cm³/mol. The highest BCUT2D eigenvalue weighted by atomic mass is 19.1. The van der Waals surface area contributed by atoms with E-state index in [1.807, 2.05) is 0 Å². The van der Waals surface area contributed by atoms with Gasteiger partial charge in [0.1, 0.15) is 17.1 Å². The first-order valence-corrected chi connectivity index (χ1v) is 7.52. The Bertz CT molecular complexity index is 834. The zero-order valence-corrected chi connectivity index (χ0v) is 13.7. The molecule has 0 fully saturated rings. The molecule has 2 aromatic carbocycles. The number of aliphatic carboxylic acids is 1. The zero-order chi connectivity index (χ0) is 19.3. The Morgan fingerprint density at radius 3 is 2.23 bits per heavy atom. The molecule has 0 bridgehead atoms. The Balaban J connectivity index is 2.35. The van der Waals surface area contributed by atoms with Gasteiger partial charge in [0.25, 0.3) is 5.91 Å². The number of carboxylic acid groups (broad SMARTS) is 2. The summed E-state index contributed by atoms with van der Waals surface area (Å²) in [6.07, 6.45) is -0.432. The molecule has 8 heteroatoms. The molecule has 7 nitrogen and oxygen atoms in total. The first-order valence-electron chi connectivity index (χ1n) is 7.52. The van der Waals surface area contributed by atoms with Gasteiger partial charge in [-0.25, -0.2) is 9.18 Å². The van der Waals surface area contributed by atoms with Gasteiger partial charge in [-0.15, -0.1) is 0 Å². The number of ether oxygens (including phenoxy) is 1. The molecule has 3 N–H and O–H groups in total. The van der Waals surface area contributed by atoms with Gasteiger partial charge in [0.2, 0.25) is 0 Å². The topological polar surface area (TPSA) is 113 Å². The van der Waals surface area contributed by atoms with Gasteiger partial charge < -0.3 is 20.3 Å². The fraction of sp³-hybridized carbons (Fsp3) is 0.167. The number of carbonyl (C=O) groups is 3. The molecule has 0 saturated heterocycles. The van der Waals surface area contributed by atoms with E-state index in [9.17, 15) is 23.9 Å². The molecular weight excluding hydrogens is 345 g/mol. The number of aromatic carboxylic acids is 1. The van der Waals surface area contributed by atoms with Crippen molar-refractivity contribution in [2.45, 2.75) is 12.5 Å². The maximum atomic E-state index is 13.1. The summed E-state index contributed by atoms with van der Waals surface area (Å²) < 4.78 is 18.1. The summed E-state index contributed by atoms with van der Waals surface area (Å²) in [5.41, 5.74) is 0.150. The normalized spacial score (nSPS) is 11.5. The van der Waals surface area contributed by atoms with Gasteiger partial charge in [0, 0.05) is 0 Å². The first kappa shape index (κ1) is 18.9. The molecule has 0 aliphatic rings. The van der Waals surface area contributed by atoms with Gasteiger partial charge in [-0.1, -0.05) is 18.2 Å². The van der Waals surface area contributed by atoms with E-state index in [1.165, 1.54) is 37.4 Å². The maximum Gasteiger partial charge on any atom is 0.339 e. The third-order valence-electron chi connectivity index (χ3n) is 3.65. The summed E-state index contributed by atoms with van der Waals surface area (Å²) in [4.78, 5) is 34.9. The number of para-hydroxylation sites is 1. The van der Waals surface area contributed by atoms with Crippen LogP contribution in [0.1, 0.15) is 38.7 Å². The quantitative estimate of drug-likeness (QED) is 0.698. The minimum absolute atomic E-state index is 0.0510. The lowest BCUT2D eigenvalue weighted by molar-refractivity contribution is -0.137. The summed E-state index contributed by atoms with van der Waals surface area (Å²) in [5, 5.41) is 20.8. The van der Waals surface area contributed by atoms with Crippen LogP contribution in [0, 0.1) is 5.82 Å². The standard InChI is InChI=1S/C18H16FNO6/c1-26-16-12(3-2-4-13(16)18(24)25)17(23)20-14(9-15(21)22)10-5-7-11(19)8-6-10/h2-8,14H,9H2,1H3,(H,20,23)(H,21,22)(H,24,25). The molecule has 0 radical (unpaired) electrons. The SMILES string of the molecule is COc1c(C(=O)O)cccc1C(=O)NC(CC(=O)O)c1ccc(F)cc1. The average Bonchev–Trinajstić information content (AvgIpc) is 2.60. The van der Waals surface area contributed by atoms with Gasteiger partial charge in [-0.05, 0) is 29.8 Å². The molecule has 0 aliphatic carbocycles. The summed E-state index contributed by atoms with van der Waals surface area (Å²) in [6, 6.07) is 8.14. The first-order chi connectivity index (χ1) is 12.3. The Morgan fingerprint density at radius 1 is 1.08 bits per heavy atom. The summed E-state index contributed by atoms with van der Waals surface area (Å²) in [7, 11) is 1.23. The van der Waals surface area contributed by atoms with E-state index in [2.05, 4.69) is 5.32 Å². The van der Waals surface area contributed by atoms with Gasteiger partial charge in [-0.2, -0.15) is 0 Å². The number of carboxylic acids is 2. The van der Waals surface area contributed by atoms with Crippen LogP contribution in [-0.4, -0.2) is 35.2 Å². The number of hydrogen-bond acceptors (Lipinski definition) is 4. The molecule has 26 heavy (non-hydrogen) atoms. The molecule has 0 aromatic heterocycles. The van der Waals surface area contributed by atoms with Crippen molar-refractivity contribution in [1.29, 1.82) is 0 Å². The molecule has 136 valence electrons. The third-order valence-corrected chi connectivity index (χ3v) is 3.65. The number of halogens is 1. The van der Waals surface area contributed by atoms with E-state index in [1.54, 1.807) is 0 Å². The van der Waals surface area contributed by atoms with E-state index in [0.29, 0.717) is 5.56 Å². The zero-order valence-electron chi connectivity index (χ0n) is 13.7. The van der Waals surface area contributed by atoms with Crippen LogP contribution in [0.3, 0.4) is 0 Å². The lowest BCUT2D eigenvalue weighted by Gasteiger charge is -2.19. The van der Waals surface area contributed by atoms with Crippen LogP contribution in [0.4, 0.5) is 4.39 Å². The highest BCUT2D eigenvalue weighted by Gasteiger charge is 2.23. The minimum atomic E-state index is -1.27. The molecule has 0 spiro atoms. The van der Waals surface area contributed by atoms with Gasteiger partial charge in [0.05, 0.1) is 25.1 Å². The number of methoxy groups -OCH3 is 1. The maximum absolute atomic E-state index is 13.1. The molecule has 1 atom stereocenters. The van der Waals surface area contributed by atoms with Crippen LogP contribution >= 0.6 is 0 Å².